The molecule has 2 heteroatoms. The molecule has 0 saturated heterocycles. The van der Waals surface area contributed by atoms with Gasteiger partial charge in [-0.15, -0.1) is 0 Å². The van der Waals surface area contributed by atoms with E-state index in [0.29, 0.717) is 0 Å². The van der Waals surface area contributed by atoms with Gasteiger partial charge in [-0.05, 0) is 23.6 Å². The molecule has 116 valence electrons. The summed E-state index contributed by atoms with van der Waals surface area (Å²) in [6.45, 7) is 1.69. The number of hydrogen-bond donors (Lipinski definition) is 1. The number of allylic oxidation sites excluding steroid dienone is 4. The maximum Gasteiger partial charge on any atom is 0.310 e. The van der Waals surface area contributed by atoms with E-state index in [1.807, 2.05) is 78.9 Å². The summed E-state index contributed by atoms with van der Waals surface area (Å²) in [6.07, 6.45) is 11.9. The Kier molecular flexibility index (Phi) is 6.13. The quantitative estimate of drug-likeness (QED) is 0.749. The lowest BCUT2D eigenvalue weighted by Gasteiger charge is -2.06. The smallest absolute Gasteiger partial charge is 0.310 e. The van der Waals surface area contributed by atoms with E-state index in [1.165, 1.54) is 0 Å². The molecule has 23 heavy (non-hydrogen) atoms. The van der Waals surface area contributed by atoms with Crippen molar-refractivity contribution in [1.29, 1.82) is 0 Å². The third-order valence-corrected chi connectivity index (χ3v) is 3.49. The number of rotatable bonds is 6. The zero-order chi connectivity index (χ0) is 16.5. The molecule has 0 bridgehead atoms. The van der Waals surface area contributed by atoms with Crippen molar-refractivity contribution in [1.82, 2.24) is 0 Å². The summed E-state index contributed by atoms with van der Waals surface area (Å²) in [4.78, 5) is 11.0. The minimum Gasteiger partial charge on any atom is -0.481 e. The Labute approximate surface area is 137 Å². The molecule has 0 aliphatic carbocycles. The first-order chi connectivity index (χ1) is 11.2. The van der Waals surface area contributed by atoms with E-state index < -0.39 is 11.9 Å². The molecule has 0 aliphatic rings. The minimum absolute atomic E-state index is 0.493. The van der Waals surface area contributed by atoms with Crippen LogP contribution in [0.5, 0.6) is 0 Å². The van der Waals surface area contributed by atoms with Crippen LogP contribution in [0.25, 0.3) is 12.2 Å². The SMILES string of the molecule is CC(C(=O)O)c1cccc(C=CC=CC=Cc2ccccc2)c1. The van der Waals surface area contributed by atoms with E-state index in [0.717, 1.165) is 16.7 Å². The molecule has 0 aromatic heterocycles. The minimum atomic E-state index is -0.808. The van der Waals surface area contributed by atoms with Crippen LogP contribution in [-0.2, 0) is 4.79 Å². The molecule has 0 aliphatic heterocycles. The Morgan fingerprint density at radius 1 is 0.870 bits per heavy atom. The fourth-order valence-electron chi connectivity index (χ4n) is 2.10. The van der Waals surface area contributed by atoms with Gasteiger partial charge in [-0.1, -0.05) is 91.1 Å². The predicted molar refractivity (Wildman–Crippen MR) is 96.1 cm³/mol. The van der Waals surface area contributed by atoms with E-state index in [2.05, 4.69) is 12.1 Å². The lowest BCUT2D eigenvalue weighted by Crippen LogP contribution is -2.07. The maximum absolute atomic E-state index is 11.0. The number of aliphatic carboxylic acids is 1. The summed E-state index contributed by atoms with van der Waals surface area (Å²) in [7, 11) is 0. The van der Waals surface area contributed by atoms with Crippen molar-refractivity contribution in [2.45, 2.75) is 12.8 Å². The molecule has 2 rings (SSSR count). The number of carbonyl (C=O) groups is 1. The Morgan fingerprint density at radius 2 is 1.48 bits per heavy atom. The largest absolute Gasteiger partial charge is 0.481 e. The van der Waals surface area contributed by atoms with Gasteiger partial charge in [0.25, 0.3) is 0 Å². The number of carboxylic acid groups (broad SMARTS) is 1. The highest BCUT2D eigenvalue weighted by molar-refractivity contribution is 5.75. The van der Waals surface area contributed by atoms with Gasteiger partial charge in [-0.2, -0.15) is 0 Å². The van der Waals surface area contributed by atoms with Crippen LogP contribution in [0, 0.1) is 0 Å². The van der Waals surface area contributed by atoms with E-state index in [1.54, 1.807) is 6.92 Å². The highest BCUT2D eigenvalue weighted by atomic mass is 16.4. The standard InChI is InChI=1S/C21H20O2/c1-17(21(22)23)20-15-9-14-19(16-20)13-6-3-2-5-10-18-11-7-4-8-12-18/h2-17H,1H3,(H,22,23). The molecule has 1 N–H and O–H groups in total. The van der Waals surface area contributed by atoms with Crippen LogP contribution in [0.2, 0.25) is 0 Å². The second-order valence-electron chi connectivity index (χ2n) is 5.24. The van der Waals surface area contributed by atoms with Crippen molar-refractivity contribution >= 4 is 18.1 Å². The lowest BCUT2D eigenvalue weighted by atomic mass is 9.99. The average molecular weight is 304 g/mol. The zero-order valence-corrected chi connectivity index (χ0v) is 13.1. The molecule has 0 saturated carbocycles. The van der Waals surface area contributed by atoms with Gasteiger partial charge >= 0.3 is 5.97 Å². The fraction of sp³-hybridized carbons (Fsp3) is 0.0952. The van der Waals surface area contributed by atoms with E-state index >= 15 is 0 Å². The van der Waals surface area contributed by atoms with Crippen molar-refractivity contribution in [3.63, 3.8) is 0 Å². The van der Waals surface area contributed by atoms with Crippen LogP contribution in [-0.4, -0.2) is 11.1 Å². The highest BCUT2D eigenvalue weighted by Crippen LogP contribution is 2.17. The molecule has 0 heterocycles. The molecule has 2 aromatic carbocycles. The normalized spacial score (nSPS) is 13.1. The Bertz CT molecular complexity index is 725. The molecule has 1 atom stereocenters. The van der Waals surface area contributed by atoms with Crippen LogP contribution in [0.3, 0.4) is 0 Å². The molecule has 0 radical (unpaired) electrons. The first-order valence-corrected chi connectivity index (χ1v) is 7.56. The molecule has 0 fully saturated rings. The highest BCUT2D eigenvalue weighted by Gasteiger charge is 2.12. The van der Waals surface area contributed by atoms with Gasteiger partial charge < -0.3 is 5.11 Å². The average Bonchev–Trinajstić information content (AvgIpc) is 2.58. The Morgan fingerprint density at radius 3 is 2.13 bits per heavy atom. The van der Waals surface area contributed by atoms with Crippen LogP contribution in [0.4, 0.5) is 0 Å². The maximum atomic E-state index is 11.0. The second kappa shape index (κ2) is 8.54. The number of benzene rings is 2. The Hall–Kier alpha value is -2.87. The van der Waals surface area contributed by atoms with Gasteiger partial charge in [-0.25, -0.2) is 0 Å². The van der Waals surface area contributed by atoms with Gasteiger partial charge in [0.2, 0.25) is 0 Å². The number of hydrogen-bond acceptors (Lipinski definition) is 1. The molecule has 2 aromatic rings. The van der Waals surface area contributed by atoms with E-state index in [4.69, 9.17) is 5.11 Å². The topological polar surface area (TPSA) is 37.3 Å². The summed E-state index contributed by atoms with van der Waals surface area (Å²) in [5, 5.41) is 9.06. The van der Waals surface area contributed by atoms with Gasteiger partial charge in [0.05, 0.1) is 5.92 Å². The molecule has 0 amide bonds. The zero-order valence-electron chi connectivity index (χ0n) is 13.1. The third kappa shape index (κ3) is 5.44. The van der Waals surface area contributed by atoms with Gasteiger partial charge in [-0.3, -0.25) is 4.79 Å². The summed E-state index contributed by atoms with van der Waals surface area (Å²) >= 11 is 0. The monoisotopic (exact) mass is 304 g/mol. The van der Waals surface area contributed by atoms with Crippen LogP contribution in [0.15, 0.2) is 78.9 Å². The van der Waals surface area contributed by atoms with Crippen molar-refractivity contribution in [2.24, 2.45) is 0 Å². The van der Waals surface area contributed by atoms with Gasteiger partial charge in [0.1, 0.15) is 0 Å². The Balaban J connectivity index is 1.95. The van der Waals surface area contributed by atoms with Crippen molar-refractivity contribution in [2.75, 3.05) is 0 Å². The summed E-state index contributed by atoms with van der Waals surface area (Å²) in [5.74, 6) is -1.30. The molecular weight excluding hydrogens is 284 g/mol. The van der Waals surface area contributed by atoms with Gasteiger partial charge in [0.15, 0.2) is 0 Å². The first kappa shape index (κ1) is 16.5. The second-order valence-corrected chi connectivity index (χ2v) is 5.24. The van der Waals surface area contributed by atoms with Crippen LogP contribution in [0.1, 0.15) is 29.5 Å². The molecule has 0 spiro atoms. The fourth-order valence-corrected chi connectivity index (χ4v) is 2.10. The first-order valence-electron chi connectivity index (χ1n) is 7.56. The summed E-state index contributed by atoms with van der Waals surface area (Å²) in [5.41, 5.74) is 2.97. The van der Waals surface area contributed by atoms with Crippen molar-refractivity contribution in [3.05, 3.63) is 95.6 Å². The molecular formula is C21H20O2. The van der Waals surface area contributed by atoms with Crippen molar-refractivity contribution in [3.8, 4) is 0 Å². The van der Waals surface area contributed by atoms with Crippen LogP contribution < -0.4 is 0 Å². The summed E-state index contributed by atoms with van der Waals surface area (Å²) in [6, 6.07) is 17.7. The van der Waals surface area contributed by atoms with Gasteiger partial charge in [0, 0.05) is 0 Å². The third-order valence-electron chi connectivity index (χ3n) is 3.49. The predicted octanol–water partition coefficient (Wildman–Crippen LogP) is 5.16. The van der Waals surface area contributed by atoms with Crippen molar-refractivity contribution < 1.29 is 9.90 Å². The molecule has 1 unspecified atom stereocenters. The van der Waals surface area contributed by atoms with E-state index in [9.17, 15) is 4.79 Å². The van der Waals surface area contributed by atoms with E-state index in [-0.39, 0.29) is 0 Å². The van der Waals surface area contributed by atoms with Crippen LogP contribution >= 0.6 is 0 Å². The lowest BCUT2D eigenvalue weighted by molar-refractivity contribution is -0.138. The number of carboxylic acids is 1. The summed E-state index contributed by atoms with van der Waals surface area (Å²) < 4.78 is 0. The molecule has 2 nitrogen and oxygen atoms in total.